The van der Waals surface area contributed by atoms with Crippen LogP contribution in [0.1, 0.15) is 21.6 Å². The number of hydrogen-bond donors (Lipinski definition) is 2. The number of carbonyl (C=O) groups excluding carboxylic acids is 1. The number of aryl methyl sites for hydroxylation is 2. The first-order valence-corrected chi connectivity index (χ1v) is 5.67. The van der Waals surface area contributed by atoms with E-state index in [9.17, 15) is 4.79 Å². The molecule has 0 unspecified atom stereocenters. The summed E-state index contributed by atoms with van der Waals surface area (Å²) in [5.41, 5.74) is 9.51. The predicted molar refractivity (Wildman–Crippen MR) is 72.5 cm³/mol. The summed E-state index contributed by atoms with van der Waals surface area (Å²) in [6.07, 6.45) is 1.58. The summed E-state index contributed by atoms with van der Waals surface area (Å²) in [7, 11) is 0. The van der Waals surface area contributed by atoms with E-state index in [2.05, 4.69) is 10.3 Å². The van der Waals surface area contributed by atoms with Gasteiger partial charge in [-0.15, -0.1) is 0 Å². The SMILES string of the molecule is Cc1cc(C)c(NC(=O)c2ccccn2)c(N)c1. The average Bonchev–Trinajstić information content (AvgIpc) is 2.34. The van der Waals surface area contributed by atoms with Gasteiger partial charge in [0.25, 0.3) is 5.91 Å². The van der Waals surface area contributed by atoms with Crippen molar-refractivity contribution in [2.45, 2.75) is 13.8 Å². The zero-order valence-corrected chi connectivity index (χ0v) is 10.4. The van der Waals surface area contributed by atoms with Crippen molar-refractivity contribution < 1.29 is 4.79 Å². The van der Waals surface area contributed by atoms with Crippen molar-refractivity contribution in [2.24, 2.45) is 0 Å². The minimum atomic E-state index is -0.255. The first-order valence-electron chi connectivity index (χ1n) is 5.67. The number of hydrogen-bond acceptors (Lipinski definition) is 3. The Kier molecular flexibility index (Phi) is 3.28. The van der Waals surface area contributed by atoms with Gasteiger partial charge in [0.1, 0.15) is 5.69 Å². The number of nitrogens with zero attached hydrogens (tertiary/aromatic N) is 1. The Hall–Kier alpha value is -2.36. The molecule has 1 aromatic carbocycles. The number of amides is 1. The number of nitrogens with one attached hydrogen (secondary N) is 1. The number of anilines is 2. The Labute approximate surface area is 106 Å². The fraction of sp³-hybridized carbons (Fsp3) is 0.143. The average molecular weight is 241 g/mol. The van der Waals surface area contributed by atoms with Crippen LogP contribution in [0.15, 0.2) is 36.5 Å². The molecule has 4 heteroatoms. The highest BCUT2D eigenvalue weighted by Gasteiger charge is 2.11. The second-order valence-corrected chi connectivity index (χ2v) is 4.22. The van der Waals surface area contributed by atoms with Crippen LogP contribution < -0.4 is 11.1 Å². The van der Waals surface area contributed by atoms with E-state index in [1.54, 1.807) is 24.4 Å². The summed E-state index contributed by atoms with van der Waals surface area (Å²) < 4.78 is 0. The number of nitrogens with two attached hydrogens (primary N) is 1. The molecule has 18 heavy (non-hydrogen) atoms. The van der Waals surface area contributed by atoms with Crippen LogP contribution in [0.3, 0.4) is 0 Å². The molecule has 0 fully saturated rings. The molecule has 2 aromatic rings. The van der Waals surface area contributed by atoms with Crippen LogP contribution in [-0.4, -0.2) is 10.9 Å². The Morgan fingerprint density at radius 2 is 2.06 bits per heavy atom. The normalized spacial score (nSPS) is 10.1. The Bertz CT molecular complexity index is 556. The highest BCUT2D eigenvalue weighted by molar-refractivity contribution is 6.05. The number of carbonyl (C=O) groups is 1. The lowest BCUT2D eigenvalue weighted by atomic mass is 10.1. The van der Waals surface area contributed by atoms with Crippen molar-refractivity contribution in [3.8, 4) is 0 Å². The van der Waals surface area contributed by atoms with Gasteiger partial charge in [0.05, 0.1) is 11.4 Å². The molecule has 1 aromatic heterocycles. The van der Waals surface area contributed by atoms with E-state index in [1.807, 2.05) is 26.0 Å². The molecule has 0 atom stereocenters. The molecule has 0 aliphatic rings. The van der Waals surface area contributed by atoms with Gasteiger partial charge < -0.3 is 11.1 Å². The molecular weight excluding hydrogens is 226 g/mol. The van der Waals surface area contributed by atoms with Crippen molar-refractivity contribution in [1.29, 1.82) is 0 Å². The number of pyridine rings is 1. The monoisotopic (exact) mass is 241 g/mol. The second-order valence-electron chi connectivity index (χ2n) is 4.22. The van der Waals surface area contributed by atoms with Gasteiger partial charge in [0.15, 0.2) is 0 Å². The first-order chi connectivity index (χ1) is 8.58. The maximum Gasteiger partial charge on any atom is 0.274 e. The third-order valence-electron chi connectivity index (χ3n) is 2.65. The zero-order chi connectivity index (χ0) is 13.1. The van der Waals surface area contributed by atoms with Crippen molar-refractivity contribution in [3.63, 3.8) is 0 Å². The molecule has 0 aliphatic heterocycles. The molecule has 1 amide bonds. The van der Waals surface area contributed by atoms with Gasteiger partial charge in [-0.2, -0.15) is 0 Å². The smallest absolute Gasteiger partial charge is 0.274 e. The standard InChI is InChI=1S/C14H15N3O/c1-9-7-10(2)13(11(15)8-9)17-14(18)12-5-3-4-6-16-12/h3-8H,15H2,1-2H3,(H,17,18). The molecule has 0 spiro atoms. The van der Waals surface area contributed by atoms with E-state index in [-0.39, 0.29) is 5.91 Å². The third kappa shape index (κ3) is 2.48. The summed E-state index contributed by atoms with van der Waals surface area (Å²) in [6.45, 7) is 3.88. The molecule has 0 bridgehead atoms. The summed E-state index contributed by atoms with van der Waals surface area (Å²) >= 11 is 0. The minimum Gasteiger partial charge on any atom is -0.397 e. The second kappa shape index (κ2) is 4.87. The van der Waals surface area contributed by atoms with E-state index >= 15 is 0 Å². The largest absolute Gasteiger partial charge is 0.397 e. The number of nitrogen functional groups attached to an aromatic ring is 1. The first kappa shape index (κ1) is 12.1. The highest BCUT2D eigenvalue weighted by atomic mass is 16.1. The van der Waals surface area contributed by atoms with Crippen LogP contribution in [0.25, 0.3) is 0 Å². The topological polar surface area (TPSA) is 68.0 Å². The van der Waals surface area contributed by atoms with E-state index in [0.29, 0.717) is 17.1 Å². The van der Waals surface area contributed by atoms with Crippen molar-refractivity contribution in [1.82, 2.24) is 4.98 Å². The Balaban J connectivity index is 2.28. The van der Waals surface area contributed by atoms with Crippen molar-refractivity contribution in [2.75, 3.05) is 11.1 Å². The molecule has 92 valence electrons. The Morgan fingerprint density at radius 3 is 2.67 bits per heavy atom. The molecule has 0 aliphatic carbocycles. The fourth-order valence-corrected chi connectivity index (χ4v) is 1.85. The van der Waals surface area contributed by atoms with E-state index in [1.165, 1.54) is 0 Å². The number of rotatable bonds is 2. The molecule has 2 rings (SSSR count). The number of aromatic nitrogens is 1. The lowest BCUT2D eigenvalue weighted by Gasteiger charge is -2.12. The third-order valence-corrected chi connectivity index (χ3v) is 2.65. The maximum absolute atomic E-state index is 12.0. The Morgan fingerprint density at radius 1 is 1.28 bits per heavy atom. The van der Waals surface area contributed by atoms with Crippen LogP contribution >= 0.6 is 0 Å². The molecule has 3 N–H and O–H groups in total. The van der Waals surface area contributed by atoms with Crippen molar-refractivity contribution in [3.05, 3.63) is 53.3 Å². The van der Waals surface area contributed by atoms with Gasteiger partial charge in [-0.3, -0.25) is 9.78 Å². The van der Waals surface area contributed by atoms with E-state index in [4.69, 9.17) is 5.73 Å². The van der Waals surface area contributed by atoms with E-state index < -0.39 is 0 Å². The van der Waals surface area contributed by atoms with Gasteiger partial charge in [-0.05, 0) is 43.2 Å². The van der Waals surface area contributed by atoms with Crippen LogP contribution in [0, 0.1) is 13.8 Å². The van der Waals surface area contributed by atoms with E-state index in [0.717, 1.165) is 11.1 Å². The van der Waals surface area contributed by atoms with Gasteiger partial charge >= 0.3 is 0 Å². The lowest BCUT2D eigenvalue weighted by molar-refractivity contribution is 0.102. The molecule has 0 saturated heterocycles. The maximum atomic E-state index is 12.0. The lowest BCUT2D eigenvalue weighted by Crippen LogP contribution is -2.15. The fourth-order valence-electron chi connectivity index (χ4n) is 1.85. The summed E-state index contributed by atoms with van der Waals surface area (Å²) in [5, 5.41) is 2.80. The summed E-state index contributed by atoms with van der Waals surface area (Å²) in [4.78, 5) is 16.0. The highest BCUT2D eigenvalue weighted by Crippen LogP contribution is 2.25. The quantitative estimate of drug-likeness (QED) is 0.794. The summed E-state index contributed by atoms with van der Waals surface area (Å²) in [6, 6.07) is 9.01. The van der Waals surface area contributed by atoms with Gasteiger partial charge in [-0.1, -0.05) is 12.1 Å². The molecular formula is C14H15N3O. The molecule has 4 nitrogen and oxygen atoms in total. The predicted octanol–water partition coefficient (Wildman–Crippen LogP) is 2.53. The summed E-state index contributed by atoms with van der Waals surface area (Å²) in [5.74, 6) is -0.255. The van der Waals surface area contributed by atoms with Crippen LogP contribution in [0.5, 0.6) is 0 Å². The van der Waals surface area contributed by atoms with Gasteiger partial charge in [0.2, 0.25) is 0 Å². The zero-order valence-electron chi connectivity index (χ0n) is 10.4. The number of benzene rings is 1. The molecule has 0 radical (unpaired) electrons. The molecule has 0 saturated carbocycles. The van der Waals surface area contributed by atoms with Crippen LogP contribution in [0.2, 0.25) is 0 Å². The van der Waals surface area contributed by atoms with Gasteiger partial charge in [-0.25, -0.2) is 0 Å². The van der Waals surface area contributed by atoms with Gasteiger partial charge in [0, 0.05) is 6.20 Å². The molecule has 1 heterocycles. The minimum absolute atomic E-state index is 0.255. The van der Waals surface area contributed by atoms with Crippen molar-refractivity contribution >= 4 is 17.3 Å². The van der Waals surface area contributed by atoms with Crippen LogP contribution in [0.4, 0.5) is 11.4 Å². The van der Waals surface area contributed by atoms with Crippen LogP contribution in [-0.2, 0) is 0 Å².